The maximum Gasteiger partial charge on any atom is 0.261 e. The predicted molar refractivity (Wildman–Crippen MR) is 141 cm³/mol. The lowest BCUT2D eigenvalue weighted by Crippen LogP contribution is -2.38. The van der Waals surface area contributed by atoms with Gasteiger partial charge >= 0.3 is 0 Å². The Bertz CT molecular complexity index is 1380. The summed E-state index contributed by atoms with van der Waals surface area (Å²) < 4.78 is 7.05. The second-order valence-corrected chi connectivity index (χ2v) is 8.64. The molecule has 0 saturated heterocycles. The number of fused-ring (bicyclic) bond motifs is 1. The van der Waals surface area contributed by atoms with Gasteiger partial charge in [0.15, 0.2) is 0 Å². The highest BCUT2D eigenvalue weighted by molar-refractivity contribution is 5.97. The average Bonchev–Trinajstić information content (AvgIpc) is 2.93. The third-order valence-corrected chi connectivity index (χ3v) is 6.36. The summed E-state index contributed by atoms with van der Waals surface area (Å²) in [5.41, 5.74) is 8.97. The molecule has 2 N–H and O–H groups in total. The number of methoxy groups -OCH3 is 1. The fourth-order valence-corrected chi connectivity index (χ4v) is 4.58. The zero-order valence-electron chi connectivity index (χ0n) is 20.8. The van der Waals surface area contributed by atoms with E-state index in [1.54, 1.807) is 34.7 Å². The van der Waals surface area contributed by atoms with Gasteiger partial charge < -0.3 is 15.4 Å². The molecule has 0 radical (unpaired) electrons. The molecule has 0 aliphatic rings. The van der Waals surface area contributed by atoms with Crippen molar-refractivity contribution in [3.8, 4) is 5.75 Å². The van der Waals surface area contributed by atoms with Gasteiger partial charge in [0.1, 0.15) is 11.4 Å². The highest BCUT2D eigenvalue weighted by atomic mass is 16.5. The second-order valence-electron chi connectivity index (χ2n) is 8.64. The van der Waals surface area contributed by atoms with E-state index in [9.17, 15) is 9.59 Å². The van der Waals surface area contributed by atoms with E-state index >= 15 is 0 Å². The van der Waals surface area contributed by atoms with Crippen molar-refractivity contribution >= 4 is 11.6 Å². The molecule has 4 aromatic rings. The molecule has 1 unspecified atom stereocenters. The molecule has 7 heteroatoms. The molecule has 2 aromatic carbocycles. The van der Waals surface area contributed by atoms with Crippen molar-refractivity contribution in [3.63, 3.8) is 0 Å². The van der Waals surface area contributed by atoms with Gasteiger partial charge in [-0.1, -0.05) is 55.5 Å². The van der Waals surface area contributed by atoms with Crippen LogP contribution in [0.15, 0.2) is 83.8 Å². The zero-order chi connectivity index (χ0) is 25.5. The van der Waals surface area contributed by atoms with E-state index in [0.717, 1.165) is 5.56 Å². The Labute approximate surface area is 211 Å². The third-order valence-electron chi connectivity index (χ3n) is 6.36. The van der Waals surface area contributed by atoms with Crippen LogP contribution in [0.25, 0.3) is 5.65 Å². The minimum Gasteiger partial charge on any atom is -0.496 e. The van der Waals surface area contributed by atoms with Gasteiger partial charge in [-0.15, -0.1) is 0 Å². The first-order valence-electron chi connectivity index (χ1n) is 12.3. The smallest absolute Gasteiger partial charge is 0.261 e. The number of hydrogen-bond acceptors (Lipinski definition) is 5. The van der Waals surface area contributed by atoms with Gasteiger partial charge in [0.05, 0.1) is 24.4 Å². The number of pyridine rings is 1. The van der Waals surface area contributed by atoms with Crippen molar-refractivity contribution in [2.45, 2.75) is 32.2 Å². The van der Waals surface area contributed by atoms with E-state index in [0.29, 0.717) is 60.6 Å². The number of ether oxygens (including phenoxy) is 1. The number of benzene rings is 2. The van der Waals surface area contributed by atoms with E-state index in [1.165, 1.54) is 0 Å². The zero-order valence-corrected chi connectivity index (χ0v) is 20.8. The molecular formula is C29H32N4O3. The molecule has 4 rings (SSSR count). The fourth-order valence-electron chi connectivity index (χ4n) is 4.58. The maximum atomic E-state index is 13.9. The van der Waals surface area contributed by atoms with Crippen molar-refractivity contribution in [2.75, 3.05) is 20.2 Å². The van der Waals surface area contributed by atoms with Crippen molar-refractivity contribution in [1.82, 2.24) is 14.3 Å². The van der Waals surface area contributed by atoms with Crippen LogP contribution in [0.5, 0.6) is 5.75 Å². The summed E-state index contributed by atoms with van der Waals surface area (Å²) in [6, 6.07) is 22.1. The summed E-state index contributed by atoms with van der Waals surface area (Å²) in [5, 5.41) is 0. The van der Waals surface area contributed by atoms with Crippen LogP contribution in [0.1, 0.15) is 53.0 Å². The van der Waals surface area contributed by atoms with Gasteiger partial charge in [0, 0.05) is 24.7 Å². The van der Waals surface area contributed by atoms with Gasteiger partial charge in [-0.2, -0.15) is 0 Å². The molecular weight excluding hydrogens is 452 g/mol. The Morgan fingerprint density at radius 2 is 1.78 bits per heavy atom. The number of amides is 1. The molecule has 36 heavy (non-hydrogen) atoms. The van der Waals surface area contributed by atoms with Crippen LogP contribution in [0.3, 0.4) is 0 Å². The SMILES string of the molecule is CCC(c1nc2ccccn2c(=O)c1Cc1ccccc1)N(CCCN)C(=O)c1ccccc1OC. The van der Waals surface area contributed by atoms with Gasteiger partial charge in [-0.25, -0.2) is 4.98 Å². The number of nitrogens with two attached hydrogens (primary N) is 1. The maximum absolute atomic E-state index is 13.9. The third kappa shape index (κ3) is 5.16. The Morgan fingerprint density at radius 1 is 1.06 bits per heavy atom. The number of hydrogen-bond donors (Lipinski definition) is 1. The monoisotopic (exact) mass is 484 g/mol. The quantitative estimate of drug-likeness (QED) is 0.364. The Kier molecular flexibility index (Phi) is 8.13. The molecule has 1 atom stereocenters. The van der Waals surface area contributed by atoms with Crippen LogP contribution in [0.4, 0.5) is 0 Å². The summed E-state index contributed by atoms with van der Waals surface area (Å²) >= 11 is 0. The van der Waals surface area contributed by atoms with Crippen LogP contribution >= 0.6 is 0 Å². The molecule has 0 saturated carbocycles. The normalized spacial score (nSPS) is 11.9. The standard InChI is InChI=1S/C29H32N4O3/c1-3-24(32(19-11-17-30)28(34)22-14-7-8-15-25(22)36-2)27-23(20-21-12-5-4-6-13-21)29(35)33-18-10-9-16-26(33)31-27/h4-10,12-16,18,24H,3,11,17,19-20,30H2,1-2H3. The summed E-state index contributed by atoms with van der Waals surface area (Å²) in [6.45, 7) is 2.89. The summed E-state index contributed by atoms with van der Waals surface area (Å²) in [6.07, 6.45) is 3.36. The lowest BCUT2D eigenvalue weighted by atomic mass is 9.97. The number of carbonyl (C=O) groups is 1. The molecule has 0 bridgehead atoms. The summed E-state index contributed by atoms with van der Waals surface area (Å²) in [5.74, 6) is 0.333. The molecule has 1 amide bonds. The average molecular weight is 485 g/mol. The van der Waals surface area contributed by atoms with E-state index in [1.807, 2.05) is 67.6 Å². The van der Waals surface area contributed by atoms with Crippen LogP contribution in [0, 0.1) is 0 Å². The van der Waals surface area contributed by atoms with Crippen LogP contribution < -0.4 is 16.0 Å². The van der Waals surface area contributed by atoms with Crippen LogP contribution in [-0.4, -0.2) is 40.4 Å². The Morgan fingerprint density at radius 3 is 2.50 bits per heavy atom. The van der Waals surface area contributed by atoms with E-state index in [2.05, 4.69) is 0 Å². The molecule has 2 heterocycles. The van der Waals surface area contributed by atoms with E-state index < -0.39 is 6.04 Å². The fraction of sp³-hybridized carbons (Fsp3) is 0.276. The van der Waals surface area contributed by atoms with E-state index in [4.69, 9.17) is 15.5 Å². The minimum atomic E-state index is -0.411. The molecule has 0 aliphatic carbocycles. The summed E-state index contributed by atoms with van der Waals surface area (Å²) in [7, 11) is 1.55. The second kappa shape index (κ2) is 11.6. The van der Waals surface area contributed by atoms with E-state index in [-0.39, 0.29) is 11.5 Å². The number of carbonyl (C=O) groups excluding carboxylic acids is 1. The first-order chi connectivity index (χ1) is 17.6. The number of para-hydroxylation sites is 1. The number of aromatic nitrogens is 2. The first kappa shape index (κ1) is 25.1. The van der Waals surface area contributed by atoms with Crippen LogP contribution in [-0.2, 0) is 6.42 Å². The van der Waals surface area contributed by atoms with Gasteiger partial charge in [0.2, 0.25) is 0 Å². The highest BCUT2D eigenvalue weighted by Gasteiger charge is 2.30. The molecule has 186 valence electrons. The largest absolute Gasteiger partial charge is 0.496 e. The molecule has 0 spiro atoms. The Balaban J connectivity index is 1.88. The van der Waals surface area contributed by atoms with Crippen molar-refractivity contribution < 1.29 is 9.53 Å². The Hall–Kier alpha value is -3.97. The van der Waals surface area contributed by atoms with Crippen molar-refractivity contribution in [1.29, 1.82) is 0 Å². The predicted octanol–water partition coefficient (Wildman–Crippen LogP) is 4.24. The topological polar surface area (TPSA) is 89.9 Å². The lowest BCUT2D eigenvalue weighted by Gasteiger charge is -2.32. The molecule has 0 aliphatic heterocycles. The van der Waals surface area contributed by atoms with Crippen molar-refractivity contribution in [3.05, 3.63) is 112 Å². The molecule has 7 nitrogen and oxygen atoms in total. The minimum absolute atomic E-state index is 0.124. The highest BCUT2D eigenvalue weighted by Crippen LogP contribution is 2.30. The van der Waals surface area contributed by atoms with Gasteiger partial charge in [-0.3, -0.25) is 14.0 Å². The first-order valence-corrected chi connectivity index (χ1v) is 12.3. The molecule has 2 aromatic heterocycles. The van der Waals surface area contributed by atoms with Crippen molar-refractivity contribution in [2.24, 2.45) is 5.73 Å². The lowest BCUT2D eigenvalue weighted by molar-refractivity contribution is 0.0660. The number of nitrogens with zero attached hydrogens (tertiary/aromatic N) is 3. The number of rotatable bonds is 10. The molecule has 0 fully saturated rings. The van der Waals surface area contributed by atoms with Gasteiger partial charge in [-0.05, 0) is 49.2 Å². The van der Waals surface area contributed by atoms with Gasteiger partial charge in [0.25, 0.3) is 11.5 Å². The van der Waals surface area contributed by atoms with Crippen LogP contribution in [0.2, 0.25) is 0 Å². The summed E-state index contributed by atoms with van der Waals surface area (Å²) in [4.78, 5) is 34.4.